The smallest absolute Gasteiger partial charge is 0.138 e. The lowest BCUT2D eigenvalue weighted by atomic mass is 10.4. The summed E-state index contributed by atoms with van der Waals surface area (Å²) in [5.41, 5.74) is 6.42. The average molecular weight is 231 g/mol. The fraction of sp³-hybridized carbons (Fsp3) is 0.167. The maximum Gasteiger partial charge on any atom is 0.138 e. The largest absolute Gasteiger partial charge is 0.325 e. The lowest BCUT2D eigenvalue weighted by Gasteiger charge is -2.02. The highest BCUT2D eigenvalue weighted by molar-refractivity contribution is 7.98. The van der Waals surface area contributed by atoms with E-state index in [2.05, 4.69) is 22.1 Å². The average Bonchev–Trinajstić information content (AvgIpc) is 2.38. The van der Waals surface area contributed by atoms with Crippen LogP contribution in [0.15, 0.2) is 47.5 Å². The lowest BCUT2D eigenvalue weighted by molar-refractivity contribution is 0.918. The second kappa shape index (κ2) is 5.63. The topological polar surface area (TPSA) is 51.8 Å². The van der Waals surface area contributed by atoms with Gasteiger partial charge in [0.2, 0.25) is 0 Å². The highest BCUT2D eigenvalue weighted by Crippen LogP contribution is 2.20. The van der Waals surface area contributed by atoms with Crippen molar-refractivity contribution in [2.24, 2.45) is 5.73 Å². The standard InChI is InChI=1S/C12H13N3S/c13-8-10-6-7-14-12(15-10)9-16-11-4-2-1-3-5-11/h1-7H,8-9,13H2. The minimum atomic E-state index is 0.464. The second-order valence-corrected chi connectivity index (χ2v) is 4.32. The maximum absolute atomic E-state index is 5.53. The van der Waals surface area contributed by atoms with Crippen LogP contribution in [0.25, 0.3) is 0 Å². The van der Waals surface area contributed by atoms with Crippen LogP contribution in [-0.4, -0.2) is 9.97 Å². The van der Waals surface area contributed by atoms with Crippen LogP contribution in [0.4, 0.5) is 0 Å². The zero-order valence-electron chi connectivity index (χ0n) is 8.84. The van der Waals surface area contributed by atoms with E-state index in [0.717, 1.165) is 17.3 Å². The van der Waals surface area contributed by atoms with Crippen molar-refractivity contribution in [3.63, 3.8) is 0 Å². The number of nitrogens with two attached hydrogens (primary N) is 1. The van der Waals surface area contributed by atoms with Gasteiger partial charge in [-0.3, -0.25) is 0 Å². The van der Waals surface area contributed by atoms with Crippen LogP contribution in [0.2, 0.25) is 0 Å². The highest BCUT2D eigenvalue weighted by atomic mass is 32.2. The fourth-order valence-electron chi connectivity index (χ4n) is 1.29. The molecule has 0 aliphatic heterocycles. The molecule has 1 aromatic heterocycles. The van der Waals surface area contributed by atoms with Crippen molar-refractivity contribution in [1.82, 2.24) is 9.97 Å². The summed E-state index contributed by atoms with van der Waals surface area (Å²) in [7, 11) is 0. The number of hydrogen-bond donors (Lipinski definition) is 1. The lowest BCUT2D eigenvalue weighted by Crippen LogP contribution is -2.02. The monoisotopic (exact) mass is 231 g/mol. The minimum absolute atomic E-state index is 0.464. The number of benzene rings is 1. The molecule has 0 amide bonds. The molecule has 4 heteroatoms. The molecule has 0 unspecified atom stereocenters. The van der Waals surface area contributed by atoms with Crippen LogP contribution in [0.1, 0.15) is 11.5 Å². The second-order valence-electron chi connectivity index (χ2n) is 3.27. The van der Waals surface area contributed by atoms with Crippen molar-refractivity contribution in [2.45, 2.75) is 17.2 Å². The van der Waals surface area contributed by atoms with E-state index in [1.165, 1.54) is 4.90 Å². The van der Waals surface area contributed by atoms with Crippen LogP contribution >= 0.6 is 11.8 Å². The van der Waals surface area contributed by atoms with Crippen molar-refractivity contribution >= 4 is 11.8 Å². The Labute approximate surface area is 99.1 Å². The van der Waals surface area contributed by atoms with E-state index in [-0.39, 0.29) is 0 Å². The van der Waals surface area contributed by atoms with E-state index in [1.54, 1.807) is 18.0 Å². The number of thioether (sulfide) groups is 1. The molecule has 1 aromatic carbocycles. The van der Waals surface area contributed by atoms with Crippen molar-refractivity contribution in [1.29, 1.82) is 0 Å². The van der Waals surface area contributed by atoms with E-state index in [0.29, 0.717) is 6.54 Å². The summed E-state index contributed by atoms with van der Waals surface area (Å²) < 4.78 is 0. The summed E-state index contributed by atoms with van der Waals surface area (Å²) in [5, 5.41) is 0. The van der Waals surface area contributed by atoms with Gasteiger partial charge < -0.3 is 5.73 Å². The zero-order chi connectivity index (χ0) is 11.2. The molecule has 0 saturated carbocycles. The van der Waals surface area contributed by atoms with Crippen LogP contribution < -0.4 is 5.73 Å². The van der Waals surface area contributed by atoms with Gasteiger partial charge in [0.15, 0.2) is 0 Å². The molecule has 0 bridgehead atoms. The minimum Gasteiger partial charge on any atom is -0.325 e. The Bertz CT molecular complexity index is 445. The number of rotatable bonds is 4. The van der Waals surface area contributed by atoms with E-state index in [4.69, 9.17) is 5.73 Å². The molecule has 0 atom stereocenters. The Morgan fingerprint density at radius 1 is 1.12 bits per heavy atom. The first-order valence-corrected chi connectivity index (χ1v) is 6.06. The molecule has 2 aromatic rings. The van der Waals surface area contributed by atoms with Crippen LogP contribution in [0.3, 0.4) is 0 Å². The van der Waals surface area contributed by atoms with Crippen molar-refractivity contribution in [3.8, 4) is 0 Å². The third-order valence-corrected chi connectivity index (χ3v) is 3.09. The van der Waals surface area contributed by atoms with Gasteiger partial charge in [-0.05, 0) is 18.2 Å². The normalized spacial score (nSPS) is 10.3. The summed E-state index contributed by atoms with van der Waals surface area (Å²) >= 11 is 1.73. The van der Waals surface area contributed by atoms with Gasteiger partial charge in [0.05, 0.1) is 11.4 Å². The van der Waals surface area contributed by atoms with Crippen LogP contribution in [0.5, 0.6) is 0 Å². The molecule has 0 radical (unpaired) electrons. The van der Waals surface area contributed by atoms with E-state index in [9.17, 15) is 0 Å². The molecular weight excluding hydrogens is 218 g/mol. The van der Waals surface area contributed by atoms with Gasteiger partial charge in [0.25, 0.3) is 0 Å². The Morgan fingerprint density at radius 2 is 1.94 bits per heavy atom. The Morgan fingerprint density at radius 3 is 2.69 bits per heavy atom. The molecular formula is C12H13N3S. The summed E-state index contributed by atoms with van der Waals surface area (Å²) in [4.78, 5) is 9.79. The van der Waals surface area contributed by atoms with Crippen LogP contribution in [-0.2, 0) is 12.3 Å². The molecule has 0 aliphatic carbocycles. The van der Waals surface area contributed by atoms with Crippen molar-refractivity contribution in [2.75, 3.05) is 0 Å². The predicted octanol–water partition coefficient (Wildman–Crippen LogP) is 2.23. The first-order valence-electron chi connectivity index (χ1n) is 5.07. The molecule has 82 valence electrons. The molecule has 2 rings (SSSR count). The highest BCUT2D eigenvalue weighted by Gasteiger charge is 1.99. The summed E-state index contributed by atoms with van der Waals surface area (Å²) in [6, 6.07) is 12.1. The van der Waals surface area contributed by atoms with Gasteiger partial charge in [-0.15, -0.1) is 11.8 Å². The Balaban J connectivity index is 1.99. The maximum atomic E-state index is 5.53. The molecule has 16 heavy (non-hydrogen) atoms. The Hall–Kier alpha value is -1.39. The quantitative estimate of drug-likeness (QED) is 0.820. The SMILES string of the molecule is NCc1ccnc(CSc2ccccc2)n1. The summed E-state index contributed by atoms with van der Waals surface area (Å²) in [5.74, 6) is 1.61. The number of aromatic nitrogens is 2. The Kier molecular flexibility index (Phi) is 3.91. The third kappa shape index (κ3) is 3.05. The zero-order valence-corrected chi connectivity index (χ0v) is 9.65. The first-order chi connectivity index (χ1) is 7.88. The van der Waals surface area contributed by atoms with Crippen molar-refractivity contribution < 1.29 is 0 Å². The van der Waals surface area contributed by atoms with Gasteiger partial charge in [0.1, 0.15) is 5.82 Å². The van der Waals surface area contributed by atoms with Crippen LogP contribution in [0, 0.1) is 0 Å². The number of nitrogens with zero attached hydrogens (tertiary/aromatic N) is 2. The molecule has 0 saturated heterocycles. The molecule has 0 fully saturated rings. The van der Waals surface area contributed by atoms with Gasteiger partial charge in [-0.2, -0.15) is 0 Å². The molecule has 3 nitrogen and oxygen atoms in total. The van der Waals surface area contributed by atoms with Gasteiger partial charge in [0, 0.05) is 17.6 Å². The summed E-state index contributed by atoms with van der Waals surface area (Å²) in [6.07, 6.45) is 1.76. The number of hydrogen-bond acceptors (Lipinski definition) is 4. The molecule has 1 heterocycles. The predicted molar refractivity (Wildman–Crippen MR) is 65.9 cm³/mol. The first kappa shape index (κ1) is 11.1. The summed E-state index contributed by atoms with van der Waals surface area (Å²) in [6.45, 7) is 0.464. The van der Waals surface area contributed by atoms with E-state index >= 15 is 0 Å². The third-order valence-electron chi connectivity index (χ3n) is 2.08. The van der Waals surface area contributed by atoms with Gasteiger partial charge in [-0.1, -0.05) is 18.2 Å². The van der Waals surface area contributed by atoms with Gasteiger partial charge in [-0.25, -0.2) is 9.97 Å². The fourth-order valence-corrected chi connectivity index (χ4v) is 2.07. The van der Waals surface area contributed by atoms with E-state index < -0.39 is 0 Å². The molecule has 2 N–H and O–H groups in total. The van der Waals surface area contributed by atoms with Crippen molar-refractivity contribution in [3.05, 3.63) is 54.1 Å². The van der Waals surface area contributed by atoms with E-state index in [1.807, 2.05) is 24.3 Å². The molecule has 0 aliphatic rings. The molecule has 0 spiro atoms. The van der Waals surface area contributed by atoms with Gasteiger partial charge >= 0.3 is 0 Å².